The Kier molecular flexibility index (Phi) is 6.01. The summed E-state index contributed by atoms with van der Waals surface area (Å²) in [6.45, 7) is -2.60. The largest absolute Gasteiger partial charge is 0.493 e. The number of nitrogens with zero attached hydrogens (tertiary/aromatic N) is 1. The number of hydrogen-bond acceptors (Lipinski definition) is 3. The normalized spacial score (nSPS) is 13.4. The molecule has 0 radical (unpaired) electrons. The summed E-state index contributed by atoms with van der Waals surface area (Å²) in [5.74, 6) is 0.154. The predicted octanol–water partition coefficient (Wildman–Crippen LogP) is 5.15. The molecule has 1 saturated carbocycles. The highest BCUT2D eigenvalue weighted by molar-refractivity contribution is 6.30. The zero-order chi connectivity index (χ0) is 19.4. The summed E-state index contributed by atoms with van der Waals surface area (Å²) in [4.78, 5) is 14.4. The van der Waals surface area contributed by atoms with Gasteiger partial charge >= 0.3 is 12.6 Å². The molecule has 1 aliphatic rings. The van der Waals surface area contributed by atoms with Crippen LogP contribution >= 0.6 is 11.6 Å². The van der Waals surface area contributed by atoms with Gasteiger partial charge in [0, 0.05) is 23.3 Å². The van der Waals surface area contributed by atoms with Crippen LogP contribution in [0, 0.1) is 0 Å². The van der Waals surface area contributed by atoms with Crippen LogP contribution in [0.2, 0.25) is 5.02 Å². The first-order valence-electron chi connectivity index (χ1n) is 8.41. The molecular weight excluding hydrogens is 378 g/mol. The molecular formula is C19H19ClF2N2O3. The molecule has 144 valence electrons. The number of urea groups is 1. The Morgan fingerprint density at radius 2 is 1.93 bits per heavy atom. The Morgan fingerprint density at radius 1 is 1.22 bits per heavy atom. The Hall–Kier alpha value is -2.54. The lowest BCUT2D eigenvalue weighted by Gasteiger charge is -2.23. The van der Waals surface area contributed by atoms with E-state index in [-0.39, 0.29) is 23.6 Å². The number of ether oxygens (including phenoxy) is 2. The van der Waals surface area contributed by atoms with E-state index in [1.165, 1.54) is 13.2 Å². The van der Waals surface area contributed by atoms with Gasteiger partial charge in [0.25, 0.3) is 0 Å². The van der Waals surface area contributed by atoms with Gasteiger partial charge in [-0.1, -0.05) is 17.7 Å². The van der Waals surface area contributed by atoms with Gasteiger partial charge in [-0.2, -0.15) is 8.78 Å². The van der Waals surface area contributed by atoms with Gasteiger partial charge in [-0.05, 0) is 54.8 Å². The zero-order valence-corrected chi connectivity index (χ0v) is 15.4. The summed E-state index contributed by atoms with van der Waals surface area (Å²) in [6.07, 6.45) is 1.86. The molecule has 5 nitrogen and oxygen atoms in total. The molecule has 2 amide bonds. The summed E-state index contributed by atoms with van der Waals surface area (Å²) in [5, 5.41) is 3.44. The van der Waals surface area contributed by atoms with Crippen molar-refractivity contribution in [3.05, 3.63) is 53.1 Å². The number of methoxy groups -OCH3 is 1. The highest BCUT2D eigenvalue weighted by Crippen LogP contribution is 2.33. The first kappa shape index (κ1) is 19.2. The average Bonchev–Trinajstić information content (AvgIpc) is 3.47. The highest BCUT2D eigenvalue weighted by Gasteiger charge is 2.32. The van der Waals surface area contributed by atoms with E-state index in [4.69, 9.17) is 16.3 Å². The van der Waals surface area contributed by atoms with Crippen LogP contribution in [-0.2, 0) is 6.54 Å². The average molecular weight is 397 g/mol. The molecule has 1 N–H and O–H groups in total. The molecule has 0 heterocycles. The molecule has 1 fully saturated rings. The van der Waals surface area contributed by atoms with Crippen molar-refractivity contribution in [3.8, 4) is 11.5 Å². The van der Waals surface area contributed by atoms with Gasteiger partial charge in [-0.25, -0.2) is 4.79 Å². The van der Waals surface area contributed by atoms with Crippen LogP contribution in [0.1, 0.15) is 18.4 Å². The van der Waals surface area contributed by atoms with Gasteiger partial charge in [0.2, 0.25) is 0 Å². The summed E-state index contributed by atoms with van der Waals surface area (Å²) in [5.41, 5.74) is 1.40. The summed E-state index contributed by atoms with van der Waals surface area (Å²) >= 11 is 5.86. The molecule has 3 rings (SSSR count). The van der Waals surface area contributed by atoms with Crippen LogP contribution in [0.3, 0.4) is 0 Å². The highest BCUT2D eigenvalue weighted by atomic mass is 35.5. The Balaban J connectivity index is 1.72. The molecule has 2 aromatic rings. The van der Waals surface area contributed by atoms with Gasteiger partial charge in [-0.15, -0.1) is 0 Å². The van der Waals surface area contributed by atoms with E-state index in [0.717, 1.165) is 18.4 Å². The van der Waals surface area contributed by atoms with Crippen LogP contribution in [0.4, 0.5) is 19.3 Å². The molecule has 1 aliphatic carbocycles. The fourth-order valence-electron chi connectivity index (χ4n) is 2.68. The Labute approximate surface area is 160 Å². The SMILES string of the molecule is COc1cc(CN(C(=O)Nc2ccc(Cl)cc2)C2CC2)ccc1OC(F)F. The molecule has 0 bridgehead atoms. The fraction of sp³-hybridized carbons (Fsp3) is 0.316. The summed E-state index contributed by atoms with van der Waals surface area (Å²) in [6, 6.07) is 11.4. The van der Waals surface area contributed by atoms with Gasteiger partial charge in [0.15, 0.2) is 11.5 Å². The van der Waals surface area contributed by atoms with Crippen molar-refractivity contribution in [1.82, 2.24) is 4.90 Å². The number of benzene rings is 2. The number of hydrogen-bond donors (Lipinski definition) is 1. The van der Waals surface area contributed by atoms with E-state index in [0.29, 0.717) is 17.3 Å². The third kappa shape index (κ3) is 5.23. The number of halogens is 3. The Bertz CT molecular complexity index is 798. The lowest BCUT2D eigenvalue weighted by Crippen LogP contribution is -2.36. The van der Waals surface area contributed by atoms with Crippen molar-refractivity contribution in [2.75, 3.05) is 12.4 Å². The molecule has 8 heteroatoms. The maximum atomic E-state index is 12.7. The minimum atomic E-state index is -2.93. The van der Waals surface area contributed by atoms with E-state index in [1.807, 2.05) is 0 Å². The first-order chi connectivity index (χ1) is 13.0. The lowest BCUT2D eigenvalue weighted by atomic mass is 10.2. The van der Waals surface area contributed by atoms with Gasteiger partial charge in [-0.3, -0.25) is 0 Å². The van der Waals surface area contributed by atoms with Crippen molar-refractivity contribution >= 4 is 23.3 Å². The van der Waals surface area contributed by atoms with E-state index in [1.54, 1.807) is 41.3 Å². The third-order valence-corrected chi connectivity index (χ3v) is 4.39. The molecule has 2 aromatic carbocycles. The molecule has 27 heavy (non-hydrogen) atoms. The van der Waals surface area contributed by atoms with Gasteiger partial charge in [0.1, 0.15) is 0 Å². The summed E-state index contributed by atoms with van der Waals surface area (Å²) < 4.78 is 34.5. The molecule has 0 aromatic heterocycles. The molecule has 0 atom stereocenters. The second-order valence-electron chi connectivity index (χ2n) is 6.16. The fourth-order valence-corrected chi connectivity index (χ4v) is 2.81. The van der Waals surface area contributed by atoms with Gasteiger partial charge in [0.05, 0.1) is 7.11 Å². The van der Waals surface area contributed by atoms with E-state index in [2.05, 4.69) is 10.1 Å². The topological polar surface area (TPSA) is 50.8 Å². The second kappa shape index (κ2) is 8.43. The maximum absolute atomic E-state index is 12.7. The smallest absolute Gasteiger partial charge is 0.387 e. The summed E-state index contributed by atoms with van der Waals surface area (Å²) in [7, 11) is 1.38. The number of amides is 2. The molecule has 0 unspecified atom stereocenters. The van der Waals surface area contributed by atoms with Crippen molar-refractivity contribution in [3.63, 3.8) is 0 Å². The second-order valence-corrected chi connectivity index (χ2v) is 6.60. The number of carbonyl (C=O) groups excluding carboxylic acids is 1. The van der Waals surface area contributed by atoms with Gasteiger partial charge < -0.3 is 19.7 Å². The van der Waals surface area contributed by atoms with Crippen LogP contribution < -0.4 is 14.8 Å². The Morgan fingerprint density at radius 3 is 2.52 bits per heavy atom. The minimum absolute atomic E-state index is 0.0418. The van der Waals surface area contributed by atoms with E-state index >= 15 is 0 Å². The number of nitrogens with one attached hydrogen (secondary N) is 1. The van der Waals surface area contributed by atoms with Crippen LogP contribution in [0.25, 0.3) is 0 Å². The number of anilines is 1. The first-order valence-corrected chi connectivity index (χ1v) is 8.79. The van der Waals surface area contributed by atoms with Crippen molar-refractivity contribution in [2.24, 2.45) is 0 Å². The maximum Gasteiger partial charge on any atom is 0.387 e. The quantitative estimate of drug-likeness (QED) is 0.704. The number of carbonyl (C=O) groups is 1. The molecule has 0 saturated heterocycles. The number of rotatable bonds is 7. The van der Waals surface area contributed by atoms with E-state index in [9.17, 15) is 13.6 Å². The van der Waals surface area contributed by atoms with Crippen LogP contribution in [-0.4, -0.2) is 30.7 Å². The monoisotopic (exact) mass is 396 g/mol. The lowest BCUT2D eigenvalue weighted by molar-refractivity contribution is -0.0512. The minimum Gasteiger partial charge on any atom is -0.493 e. The third-order valence-electron chi connectivity index (χ3n) is 4.14. The van der Waals surface area contributed by atoms with Crippen molar-refractivity contribution in [2.45, 2.75) is 32.0 Å². The van der Waals surface area contributed by atoms with Crippen molar-refractivity contribution in [1.29, 1.82) is 0 Å². The van der Waals surface area contributed by atoms with Crippen molar-refractivity contribution < 1.29 is 23.0 Å². The number of alkyl halides is 2. The molecule has 0 spiro atoms. The zero-order valence-electron chi connectivity index (χ0n) is 14.6. The van der Waals surface area contributed by atoms with Crippen LogP contribution in [0.15, 0.2) is 42.5 Å². The van der Waals surface area contributed by atoms with Crippen LogP contribution in [0.5, 0.6) is 11.5 Å². The van der Waals surface area contributed by atoms with E-state index < -0.39 is 6.61 Å². The molecule has 0 aliphatic heterocycles. The predicted molar refractivity (Wildman–Crippen MR) is 98.7 cm³/mol. The standard InChI is InChI=1S/C19H19ClF2N2O3/c1-26-17-10-12(2-9-16(17)27-18(21)22)11-24(15-7-8-15)19(25)23-14-5-3-13(20)4-6-14/h2-6,9-10,15,18H,7-8,11H2,1H3,(H,23,25).